The van der Waals surface area contributed by atoms with Gasteiger partial charge in [0.2, 0.25) is 0 Å². The molecule has 0 aliphatic carbocycles. The van der Waals surface area contributed by atoms with Crippen molar-refractivity contribution in [2.75, 3.05) is 11.9 Å². The maximum absolute atomic E-state index is 12.4. The first kappa shape index (κ1) is 15.1. The lowest BCUT2D eigenvalue weighted by Crippen LogP contribution is -2.20. The Morgan fingerprint density at radius 2 is 1.68 bits per heavy atom. The van der Waals surface area contributed by atoms with Crippen LogP contribution in [0.15, 0.2) is 72.8 Å². The average molecular weight is 329 g/mol. The normalized spacial score (nSPS) is 14.8. The highest BCUT2D eigenvalue weighted by Crippen LogP contribution is 2.35. The van der Waals surface area contributed by atoms with E-state index < -0.39 is 5.97 Å². The zero-order chi connectivity index (χ0) is 17.4. The van der Waals surface area contributed by atoms with Crippen molar-refractivity contribution in [2.45, 2.75) is 0 Å². The first-order valence-corrected chi connectivity index (χ1v) is 7.93. The van der Waals surface area contributed by atoms with Crippen LogP contribution in [0.4, 0.5) is 5.69 Å². The zero-order valence-corrected chi connectivity index (χ0v) is 13.6. The van der Waals surface area contributed by atoms with Crippen LogP contribution >= 0.6 is 0 Å². The van der Waals surface area contributed by atoms with Crippen molar-refractivity contribution >= 4 is 33.9 Å². The average Bonchev–Trinajstić information content (AvgIpc) is 2.87. The van der Waals surface area contributed by atoms with Crippen LogP contribution < -0.4 is 9.64 Å². The number of benzene rings is 3. The van der Waals surface area contributed by atoms with Crippen molar-refractivity contribution in [3.05, 3.63) is 78.4 Å². The molecule has 0 spiro atoms. The molecular weight excluding hydrogens is 314 g/mol. The molecule has 3 aromatic rings. The van der Waals surface area contributed by atoms with Gasteiger partial charge < -0.3 is 9.64 Å². The molecule has 4 heteroatoms. The molecule has 3 aromatic carbocycles. The van der Waals surface area contributed by atoms with Crippen LogP contribution in [0.5, 0.6) is 5.75 Å². The summed E-state index contributed by atoms with van der Waals surface area (Å²) in [6, 6.07) is 20.7. The Kier molecular flexibility index (Phi) is 3.58. The molecular formula is C21H15NO3. The molecule has 1 aliphatic rings. The second kappa shape index (κ2) is 5.91. The summed E-state index contributed by atoms with van der Waals surface area (Å²) in [7, 11) is 1.69. The van der Waals surface area contributed by atoms with Gasteiger partial charge in [-0.3, -0.25) is 4.79 Å². The van der Waals surface area contributed by atoms with Gasteiger partial charge in [0.05, 0.1) is 11.3 Å². The van der Waals surface area contributed by atoms with Crippen molar-refractivity contribution in [1.29, 1.82) is 0 Å². The van der Waals surface area contributed by atoms with Gasteiger partial charge in [-0.2, -0.15) is 0 Å². The van der Waals surface area contributed by atoms with Gasteiger partial charge in [0.25, 0.3) is 5.91 Å². The topological polar surface area (TPSA) is 46.6 Å². The number of anilines is 1. The molecule has 0 saturated heterocycles. The van der Waals surface area contributed by atoms with Gasteiger partial charge in [-0.1, -0.05) is 48.5 Å². The number of ether oxygens (including phenoxy) is 1. The number of nitrogens with zero attached hydrogens (tertiary/aromatic N) is 1. The SMILES string of the molecule is CN1C(=O)/C(=C/C(=O)Oc2ccc3ccccc3c2)c2ccccc21. The number of carbonyl (C=O) groups excluding carboxylic acids is 2. The van der Waals surface area contributed by atoms with Crippen molar-refractivity contribution in [1.82, 2.24) is 0 Å². The number of esters is 1. The van der Waals surface area contributed by atoms with E-state index in [-0.39, 0.29) is 5.91 Å². The molecule has 1 heterocycles. The number of amides is 1. The Morgan fingerprint density at radius 3 is 2.52 bits per heavy atom. The molecule has 0 radical (unpaired) electrons. The van der Waals surface area contributed by atoms with E-state index in [0.717, 1.165) is 22.0 Å². The maximum Gasteiger partial charge on any atom is 0.336 e. The van der Waals surface area contributed by atoms with Crippen LogP contribution in [0, 0.1) is 0 Å². The van der Waals surface area contributed by atoms with Gasteiger partial charge in [-0.15, -0.1) is 0 Å². The summed E-state index contributed by atoms with van der Waals surface area (Å²) >= 11 is 0. The Morgan fingerprint density at radius 1 is 0.960 bits per heavy atom. The number of hydrogen-bond acceptors (Lipinski definition) is 3. The Hall–Kier alpha value is -3.40. The molecule has 1 amide bonds. The third-order valence-electron chi connectivity index (χ3n) is 4.29. The highest BCUT2D eigenvalue weighted by Gasteiger charge is 2.30. The van der Waals surface area contributed by atoms with Crippen molar-refractivity contribution in [2.24, 2.45) is 0 Å². The molecule has 4 rings (SSSR count). The molecule has 0 N–H and O–H groups in total. The van der Waals surface area contributed by atoms with Gasteiger partial charge >= 0.3 is 5.97 Å². The molecule has 4 nitrogen and oxygen atoms in total. The lowest BCUT2D eigenvalue weighted by atomic mass is 10.1. The van der Waals surface area contributed by atoms with Crippen LogP contribution in [-0.2, 0) is 9.59 Å². The molecule has 0 fully saturated rings. The molecule has 0 aromatic heterocycles. The van der Waals surface area contributed by atoms with E-state index in [1.54, 1.807) is 13.1 Å². The fourth-order valence-corrected chi connectivity index (χ4v) is 3.03. The monoisotopic (exact) mass is 329 g/mol. The third-order valence-corrected chi connectivity index (χ3v) is 4.29. The quantitative estimate of drug-likeness (QED) is 0.408. The summed E-state index contributed by atoms with van der Waals surface area (Å²) in [5, 5.41) is 2.06. The van der Waals surface area contributed by atoms with Gasteiger partial charge in [-0.25, -0.2) is 4.79 Å². The second-order valence-electron chi connectivity index (χ2n) is 5.87. The van der Waals surface area contributed by atoms with E-state index in [1.165, 1.54) is 11.0 Å². The Bertz CT molecular complexity index is 1040. The van der Waals surface area contributed by atoms with Crippen LogP contribution in [0.2, 0.25) is 0 Å². The fourth-order valence-electron chi connectivity index (χ4n) is 3.03. The number of para-hydroxylation sites is 1. The van der Waals surface area contributed by atoms with Gasteiger partial charge in [0.1, 0.15) is 5.75 Å². The van der Waals surface area contributed by atoms with Gasteiger partial charge in [-0.05, 0) is 29.0 Å². The molecule has 0 unspecified atom stereocenters. The van der Waals surface area contributed by atoms with E-state index in [0.29, 0.717) is 11.3 Å². The van der Waals surface area contributed by atoms with Gasteiger partial charge in [0, 0.05) is 18.7 Å². The zero-order valence-electron chi connectivity index (χ0n) is 13.6. The van der Waals surface area contributed by atoms with E-state index in [4.69, 9.17) is 4.74 Å². The summed E-state index contributed by atoms with van der Waals surface area (Å²) in [6.07, 6.45) is 1.26. The highest BCUT2D eigenvalue weighted by atomic mass is 16.5. The third kappa shape index (κ3) is 2.68. The summed E-state index contributed by atoms with van der Waals surface area (Å²) < 4.78 is 5.40. The van der Waals surface area contributed by atoms with Crippen molar-refractivity contribution in [3.63, 3.8) is 0 Å². The van der Waals surface area contributed by atoms with E-state index in [9.17, 15) is 9.59 Å². The van der Waals surface area contributed by atoms with Crippen LogP contribution in [0.1, 0.15) is 5.56 Å². The van der Waals surface area contributed by atoms with E-state index >= 15 is 0 Å². The second-order valence-corrected chi connectivity index (χ2v) is 5.87. The molecule has 122 valence electrons. The minimum atomic E-state index is -0.566. The summed E-state index contributed by atoms with van der Waals surface area (Å²) in [5.41, 5.74) is 1.88. The first-order chi connectivity index (χ1) is 12.1. The predicted octanol–water partition coefficient (Wildman–Crippen LogP) is 3.81. The minimum Gasteiger partial charge on any atom is -0.423 e. The lowest BCUT2D eigenvalue weighted by Gasteiger charge is -2.08. The smallest absolute Gasteiger partial charge is 0.336 e. The number of hydrogen-bond donors (Lipinski definition) is 0. The van der Waals surface area contributed by atoms with Crippen molar-refractivity contribution < 1.29 is 14.3 Å². The Balaban J connectivity index is 1.63. The highest BCUT2D eigenvalue weighted by molar-refractivity contribution is 6.34. The maximum atomic E-state index is 12.4. The number of rotatable bonds is 2. The summed E-state index contributed by atoms with van der Waals surface area (Å²) in [4.78, 5) is 26.2. The lowest BCUT2D eigenvalue weighted by molar-refractivity contribution is -0.129. The number of likely N-dealkylation sites (N-methyl/N-ethyl adjacent to an activating group) is 1. The Labute approximate surface area is 144 Å². The largest absolute Gasteiger partial charge is 0.423 e. The standard InChI is InChI=1S/C21H15NO3/c1-22-19-9-5-4-8-17(19)18(21(22)24)13-20(23)25-16-11-10-14-6-2-3-7-15(14)12-16/h2-13H,1H3/b18-13+. The molecule has 1 aliphatic heterocycles. The minimum absolute atomic E-state index is 0.211. The van der Waals surface area contributed by atoms with Crippen LogP contribution in [0.3, 0.4) is 0 Å². The summed E-state index contributed by atoms with van der Waals surface area (Å²) in [5.74, 6) is -0.326. The number of carbonyl (C=O) groups is 2. The fraction of sp³-hybridized carbons (Fsp3) is 0.0476. The van der Waals surface area contributed by atoms with E-state index in [1.807, 2.05) is 60.7 Å². The first-order valence-electron chi connectivity index (χ1n) is 7.93. The molecule has 0 atom stereocenters. The van der Waals surface area contributed by atoms with Crippen molar-refractivity contribution in [3.8, 4) is 5.75 Å². The molecule has 0 bridgehead atoms. The van der Waals surface area contributed by atoms with E-state index in [2.05, 4.69) is 0 Å². The summed E-state index contributed by atoms with van der Waals surface area (Å²) in [6.45, 7) is 0. The molecule has 0 saturated carbocycles. The van der Waals surface area contributed by atoms with Crippen LogP contribution in [-0.4, -0.2) is 18.9 Å². The predicted molar refractivity (Wildman–Crippen MR) is 97.4 cm³/mol. The van der Waals surface area contributed by atoms with Crippen LogP contribution in [0.25, 0.3) is 16.3 Å². The number of fused-ring (bicyclic) bond motifs is 2. The van der Waals surface area contributed by atoms with Gasteiger partial charge in [0.15, 0.2) is 0 Å². The molecule has 25 heavy (non-hydrogen) atoms.